The molecule has 0 saturated carbocycles. The Hall–Kier alpha value is -2.28. The molecule has 112 valence electrons. The van der Waals surface area contributed by atoms with Crippen LogP contribution in [0.15, 0.2) is 40.2 Å². The Morgan fingerprint density at radius 3 is 2.48 bits per heavy atom. The van der Waals surface area contributed by atoms with Crippen LogP contribution in [0.3, 0.4) is 0 Å². The van der Waals surface area contributed by atoms with Crippen LogP contribution in [0.25, 0.3) is 0 Å². The van der Waals surface area contributed by atoms with Crippen LogP contribution < -0.4 is 15.0 Å². The first-order valence-corrected chi connectivity index (χ1v) is 7.69. The zero-order valence-corrected chi connectivity index (χ0v) is 12.7. The molecule has 0 saturated heterocycles. The van der Waals surface area contributed by atoms with E-state index in [1.165, 1.54) is 31.5 Å². The number of rotatable bonds is 4. The van der Waals surface area contributed by atoms with Crippen LogP contribution in [0.5, 0.6) is 5.75 Å². The molecule has 0 aliphatic rings. The summed E-state index contributed by atoms with van der Waals surface area (Å²) < 4.78 is 32.3. The van der Waals surface area contributed by atoms with Gasteiger partial charge in [-0.15, -0.1) is 0 Å². The number of pyridine rings is 1. The Labute approximate surface area is 122 Å². The quantitative estimate of drug-likeness (QED) is 0.901. The first-order valence-electron chi connectivity index (χ1n) is 6.21. The summed E-state index contributed by atoms with van der Waals surface area (Å²) in [5.41, 5.74) is 1.18. The van der Waals surface area contributed by atoms with Gasteiger partial charge in [0.2, 0.25) is 0 Å². The highest BCUT2D eigenvalue weighted by atomic mass is 32.2. The number of hydrogen-bond donors (Lipinski definition) is 2. The molecule has 21 heavy (non-hydrogen) atoms. The van der Waals surface area contributed by atoms with Gasteiger partial charge in [-0.25, -0.2) is 8.42 Å². The maximum atomic E-state index is 12.5. The van der Waals surface area contributed by atoms with Gasteiger partial charge in [0, 0.05) is 6.20 Å². The topological polar surface area (TPSA) is 88.3 Å². The number of nitrogens with one attached hydrogen (secondary N) is 2. The number of sulfonamides is 1. The minimum absolute atomic E-state index is 0.00338. The fraction of sp³-hybridized carbons (Fsp3) is 0.214. The molecule has 0 atom stereocenters. The third-order valence-electron chi connectivity index (χ3n) is 3.13. The molecule has 7 heteroatoms. The summed E-state index contributed by atoms with van der Waals surface area (Å²) in [6.45, 7) is 3.67. The second-order valence-corrected chi connectivity index (χ2v) is 6.26. The fourth-order valence-electron chi connectivity index (χ4n) is 1.83. The molecule has 0 unspecified atom stereocenters. The molecule has 0 amide bonds. The van der Waals surface area contributed by atoms with Gasteiger partial charge < -0.3 is 9.72 Å². The normalized spacial score (nSPS) is 11.2. The first kappa shape index (κ1) is 15.1. The van der Waals surface area contributed by atoms with Crippen molar-refractivity contribution in [2.45, 2.75) is 18.7 Å². The molecule has 6 nitrogen and oxygen atoms in total. The molecular weight excluding hydrogens is 292 g/mol. The number of aromatic nitrogens is 1. The van der Waals surface area contributed by atoms with Crippen molar-refractivity contribution < 1.29 is 13.2 Å². The highest BCUT2D eigenvalue weighted by Gasteiger charge is 2.21. The molecule has 0 fully saturated rings. The highest BCUT2D eigenvalue weighted by molar-refractivity contribution is 7.92. The maximum absolute atomic E-state index is 12.5. The summed E-state index contributed by atoms with van der Waals surface area (Å²) in [7, 11) is -2.51. The second kappa shape index (κ2) is 5.61. The Bertz CT molecular complexity index is 825. The first-order chi connectivity index (χ1) is 9.85. The summed E-state index contributed by atoms with van der Waals surface area (Å²) in [4.78, 5) is 14.0. The lowest BCUT2D eigenvalue weighted by molar-refractivity contribution is 0.402. The van der Waals surface area contributed by atoms with Gasteiger partial charge in [-0.3, -0.25) is 9.52 Å². The molecule has 0 aliphatic carbocycles. The molecular formula is C14H16N2O4S. The number of H-pyrrole nitrogens is 1. The van der Waals surface area contributed by atoms with Crippen LogP contribution in [0, 0.1) is 13.8 Å². The average molecular weight is 308 g/mol. The molecule has 0 spiro atoms. The summed E-state index contributed by atoms with van der Waals surface area (Å²) in [5.74, 6) is 0.234. The van der Waals surface area contributed by atoms with Crippen LogP contribution in [-0.4, -0.2) is 20.5 Å². The molecule has 2 N–H and O–H groups in total. The van der Waals surface area contributed by atoms with E-state index in [1.807, 2.05) is 13.8 Å². The van der Waals surface area contributed by atoms with Crippen LogP contribution in [0.1, 0.15) is 11.1 Å². The van der Waals surface area contributed by atoms with Crippen molar-refractivity contribution in [3.63, 3.8) is 0 Å². The predicted octanol–water partition coefficient (Wildman–Crippen LogP) is 1.80. The average Bonchev–Trinajstić information content (AvgIpc) is 2.43. The van der Waals surface area contributed by atoms with Crippen LogP contribution in [0.2, 0.25) is 0 Å². The predicted molar refractivity (Wildman–Crippen MR) is 80.3 cm³/mol. The maximum Gasteiger partial charge on any atom is 0.272 e. The van der Waals surface area contributed by atoms with Gasteiger partial charge in [0.05, 0.1) is 7.11 Å². The summed E-state index contributed by atoms with van der Waals surface area (Å²) >= 11 is 0. The number of aromatic amines is 1. The standard InChI is InChI=1S/C14H16N2O4S/c1-9-7-12(20-3)13(8-10(9)2)21(18,19)16-11-5-4-6-15-14(11)17/h4-8,16H,1-3H3,(H,15,17). The van der Waals surface area contributed by atoms with Crippen LogP contribution >= 0.6 is 0 Å². The molecule has 0 radical (unpaired) electrons. The SMILES string of the molecule is COc1cc(C)c(C)cc1S(=O)(=O)Nc1ccc[nH]c1=O. The Kier molecular flexibility index (Phi) is 4.04. The molecule has 0 aliphatic heterocycles. The van der Waals surface area contributed by atoms with E-state index in [0.717, 1.165) is 11.1 Å². The van der Waals surface area contributed by atoms with E-state index in [4.69, 9.17) is 4.74 Å². The second-order valence-electron chi connectivity index (χ2n) is 4.61. The highest BCUT2D eigenvalue weighted by Crippen LogP contribution is 2.28. The van der Waals surface area contributed by atoms with E-state index in [-0.39, 0.29) is 16.3 Å². The number of aryl methyl sites for hydroxylation is 2. The number of anilines is 1. The zero-order chi connectivity index (χ0) is 15.6. The van der Waals surface area contributed by atoms with Crippen LogP contribution in [-0.2, 0) is 10.0 Å². The smallest absolute Gasteiger partial charge is 0.272 e. The molecule has 1 heterocycles. The number of ether oxygens (including phenoxy) is 1. The number of hydrogen-bond acceptors (Lipinski definition) is 4. The van der Waals surface area contributed by atoms with Gasteiger partial charge in [0.25, 0.3) is 15.6 Å². The molecule has 1 aromatic heterocycles. The van der Waals surface area contributed by atoms with Crippen molar-refractivity contribution in [2.75, 3.05) is 11.8 Å². The Morgan fingerprint density at radius 1 is 1.19 bits per heavy atom. The Balaban J connectivity index is 2.52. The molecule has 1 aromatic carbocycles. The third-order valence-corrected chi connectivity index (χ3v) is 4.52. The number of benzene rings is 1. The fourth-order valence-corrected chi connectivity index (χ4v) is 3.13. The monoisotopic (exact) mass is 308 g/mol. The van der Waals surface area contributed by atoms with Gasteiger partial charge in [-0.1, -0.05) is 0 Å². The summed E-state index contributed by atoms with van der Waals surface area (Å²) in [5, 5.41) is 0. The summed E-state index contributed by atoms with van der Waals surface area (Å²) in [6.07, 6.45) is 1.43. The summed E-state index contributed by atoms with van der Waals surface area (Å²) in [6, 6.07) is 6.10. The lowest BCUT2D eigenvalue weighted by atomic mass is 10.1. The minimum Gasteiger partial charge on any atom is -0.495 e. The van der Waals surface area contributed by atoms with Gasteiger partial charge in [0.1, 0.15) is 16.3 Å². The van der Waals surface area contributed by atoms with Crippen molar-refractivity contribution in [2.24, 2.45) is 0 Å². The lowest BCUT2D eigenvalue weighted by Gasteiger charge is -2.13. The van der Waals surface area contributed by atoms with Crippen molar-refractivity contribution in [1.82, 2.24) is 4.98 Å². The lowest BCUT2D eigenvalue weighted by Crippen LogP contribution is -2.20. The van der Waals surface area contributed by atoms with E-state index in [2.05, 4.69) is 9.71 Å². The van der Waals surface area contributed by atoms with Crippen LogP contribution in [0.4, 0.5) is 5.69 Å². The van der Waals surface area contributed by atoms with E-state index in [0.29, 0.717) is 0 Å². The van der Waals surface area contributed by atoms with E-state index >= 15 is 0 Å². The van der Waals surface area contributed by atoms with Gasteiger partial charge in [-0.05, 0) is 49.2 Å². The van der Waals surface area contributed by atoms with Crippen molar-refractivity contribution in [3.05, 3.63) is 51.9 Å². The zero-order valence-electron chi connectivity index (χ0n) is 11.9. The molecule has 2 aromatic rings. The van der Waals surface area contributed by atoms with Gasteiger partial charge in [0.15, 0.2) is 0 Å². The van der Waals surface area contributed by atoms with Crippen molar-refractivity contribution in [1.29, 1.82) is 0 Å². The largest absolute Gasteiger partial charge is 0.495 e. The van der Waals surface area contributed by atoms with Gasteiger partial charge >= 0.3 is 0 Å². The van der Waals surface area contributed by atoms with E-state index < -0.39 is 15.6 Å². The molecule has 2 rings (SSSR count). The van der Waals surface area contributed by atoms with Gasteiger partial charge in [-0.2, -0.15) is 0 Å². The van der Waals surface area contributed by atoms with E-state index in [1.54, 1.807) is 6.07 Å². The third kappa shape index (κ3) is 3.08. The number of methoxy groups -OCH3 is 1. The van der Waals surface area contributed by atoms with E-state index in [9.17, 15) is 13.2 Å². The van der Waals surface area contributed by atoms with Crippen molar-refractivity contribution in [3.8, 4) is 5.75 Å². The minimum atomic E-state index is -3.91. The molecule has 0 bridgehead atoms. The Morgan fingerprint density at radius 2 is 1.86 bits per heavy atom. The van der Waals surface area contributed by atoms with Crippen molar-refractivity contribution >= 4 is 15.7 Å².